The summed E-state index contributed by atoms with van der Waals surface area (Å²) in [5, 5.41) is 2.89. The molecule has 0 amide bonds. The molecule has 2 unspecified atom stereocenters. The van der Waals surface area contributed by atoms with Gasteiger partial charge in [0.25, 0.3) is 0 Å². The van der Waals surface area contributed by atoms with E-state index in [9.17, 15) is 12.8 Å². The molecule has 0 aliphatic carbocycles. The SMILES string of the molecule is CCNC(c1cc(C)c(F)c(C)c1)C1CCCCS1(=O)=O. The van der Waals surface area contributed by atoms with Gasteiger partial charge >= 0.3 is 0 Å². The first kappa shape index (κ1) is 16.4. The topological polar surface area (TPSA) is 46.2 Å². The summed E-state index contributed by atoms with van der Waals surface area (Å²) >= 11 is 0. The largest absolute Gasteiger partial charge is 0.309 e. The molecule has 3 nitrogen and oxygen atoms in total. The van der Waals surface area contributed by atoms with Crippen molar-refractivity contribution in [3.8, 4) is 0 Å². The molecule has 1 aromatic carbocycles. The zero-order valence-electron chi connectivity index (χ0n) is 12.9. The van der Waals surface area contributed by atoms with Gasteiger partial charge in [0.15, 0.2) is 9.84 Å². The van der Waals surface area contributed by atoms with Crippen LogP contribution < -0.4 is 5.32 Å². The lowest BCUT2D eigenvalue weighted by Gasteiger charge is -2.31. The standard InChI is InChI=1S/C16H24FNO2S/c1-4-18-16(14-7-5-6-8-21(14,19)20)13-9-11(2)15(17)12(3)10-13/h9-10,14,16,18H,4-8H2,1-3H3. The zero-order valence-corrected chi connectivity index (χ0v) is 13.8. The number of aryl methyl sites for hydroxylation is 2. The molecule has 0 radical (unpaired) electrons. The van der Waals surface area contributed by atoms with Gasteiger partial charge in [-0.15, -0.1) is 0 Å². The summed E-state index contributed by atoms with van der Waals surface area (Å²) in [5.74, 6) is 0.0547. The molecule has 118 valence electrons. The van der Waals surface area contributed by atoms with Gasteiger partial charge in [-0.2, -0.15) is 0 Å². The summed E-state index contributed by atoms with van der Waals surface area (Å²) in [4.78, 5) is 0. The van der Waals surface area contributed by atoms with Gasteiger partial charge in [0.1, 0.15) is 5.82 Å². The first-order valence-electron chi connectivity index (χ1n) is 7.58. The summed E-state index contributed by atoms with van der Waals surface area (Å²) in [7, 11) is -3.09. The minimum absolute atomic E-state index is 0.208. The van der Waals surface area contributed by atoms with Gasteiger partial charge in [-0.1, -0.05) is 25.5 Å². The van der Waals surface area contributed by atoms with E-state index in [2.05, 4.69) is 5.32 Å². The van der Waals surface area contributed by atoms with E-state index in [1.165, 1.54) is 0 Å². The monoisotopic (exact) mass is 313 g/mol. The molecule has 0 spiro atoms. The van der Waals surface area contributed by atoms with Crippen molar-refractivity contribution in [2.24, 2.45) is 0 Å². The van der Waals surface area contributed by atoms with Gasteiger partial charge in [0.05, 0.1) is 11.0 Å². The third-order valence-electron chi connectivity index (χ3n) is 4.24. The van der Waals surface area contributed by atoms with Crippen molar-refractivity contribution in [1.82, 2.24) is 5.32 Å². The van der Waals surface area contributed by atoms with Crippen molar-refractivity contribution in [1.29, 1.82) is 0 Å². The molecule has 1 saturated heterocycles. The van der Waals surface area contributed by atoms with E-state index in [1.807, 2.05) is 6.92 Å². The van der Waals surface area contributed by atoms with E-state index in [-0.39, 0.29) is 17.6 Å². The molecule has 1 heterocycles. The number of sulfone groups is 1. The summed E-state index contributed by atoms with van der Waals surface area (Å²) in [6, 6.07) is 3.30. The van der Waals surface area contributed by atoms with Gasteiger partial charge in [0, 0.05) is 6.04 Å². The van der Waals surface area contributed by atoms with Crippen molar-refractivity contribution in [2.75, 3.05) is 12.3 Å². The fraction of sp³-hybridized carbons (Fsp3) is 0.625. The second kappa shape index (κ2) is 6.44. The van der Waals surface area contributed by atoms with E-state index in [1.54, 1.807) is 26.0 Å². The van der Waals surface area contributed by atoms with Crippen molar-refractivity contribution in [2.45, 2.75) is 51.3 Å². The van der Waals surface area contributed by atoms with Gasteiger partial charge in [-0.3, -0.25) is 0 Å². The molecule has 2 rings (SSSR count). The first-order chi connectivity index (χ1) is 9.86. The number of benzene rings is 1. The van der Waals surface area contributed by atoms with Crippen LogP contribution in [-0.4, -0.2) is 26.0 Å². The van der Waals surface area contributed by atoms with Gasteiger partial charge in [-0.05, 0) is 49.9 Å². The number of hydrogen-bond donors (Lipinski definition) is 1. The third-order valence-corrected chi connectivity index (χ3v) is 6.53. The first-order valence-corrected chi connectivity index (χ1v) is 9.30. The van der Waals surface area contributed by atoms with Crippen molar-refractivity contribution in [3.63, 3.8) is 0 Å². The summed E-state index contributed by atoms with van der Waals surface area (Å²) in [6.45, 7) is 6.10. The van der Waals surface area contributed by atoms with Crippen LogP contribution in [0.4, 0.5) is 4.39 Å². The smallest absolute Gasteiger partial charge is 0.155 e. The molecule has 1 aliphatic heterocycles. The van der Waals surface area contributed by atoms with Gasteiger partial charge in [0.2, 0.25) is 0 Å². The van der Waals surface area contributed by atoms with Crippen LogP contribution in [0, 0.1) is 19.7 Å². The average Bonchev–Trinajstić information content (AvgIpc) is 2.42. The van der Waals surface area contributed by atoms with E-state index < -0.39 is 15.1 Å². The van der Waals surface area contributed by atoms with E-state index in [0.29, 0.717) is 24.1 Å². The van der Waals surface area contributed by atoms with E-state index in [0.717, 1.165) is 18.4 Å². The molecular formula is C16H24FNO2S. The lowest BCUT2D eigenvalue weighted by atomic mass is 9.96. The maximum atomic E-state index is 13.8. The van der Waals surface area contributed by atoms with Crippen LogP contribution in [0.2, 0.25) is 0 Å². The Morgan fingerprint density at radius 1 is 1.29 bits per heavy atom. The average molecular weight is 313 g/mol. The Morgan fingerprint density at radius 2 is 1.90 bits per heavy atom. The maximum absolute atomic E-state index is 13.8. The predicted molar refractivity (Wildman–Crippen MR) is 83.7 cm³/mol. The molecule has 0 aromatic heterocycles. The number of rotatable bonds is 4. The molecule has 2 atom stereocenters. The summed E-state index contributed by atoms with van der Waals surface area (Å²) in [6.07, 6.45) is 2.36. The Balaban J connectivity index is 2.43. The highest BCUT2D eigenvalue weighted by Crippen LogP contribution is 2.32. The third kappa shape index (κ3) is 3.46. The lowest BCUT2D eigenvalue weighted by molar-refractivity contribution is 0.453. The molecule has 1 fully saturated rings. The molecule has 5 heteroatoms. The second-order valence-electron chi connectivity index (χ2n) is 5.91. The van der Waals surface area contributed by atoms with Crippen molar-refractivity contribution >= 4 is 9.84 Å². The van der Waals surface area contributed by atoms with Crippen LogP contribution in [0.3, 0.4) is 0 Å². The second-order valence-corrected chi connectivity index (χ2v) is 8.24. The van der Waals surface area contributed by atoms with Gasteiger partial charge < -0.3 is 5.32 Å². The quantitative estimate of drug-likeness (QED) is 0.929. The van der Waals surface area contributed by atoms with Crippen molar-refractivity contribution < 1.29 is 12.8 Å². The highest BCUT2D eigenvalue weighted by atomic mass is 32.2. The highest BCUT2D eigenvalue weighted by Gasteiger charge is 2.36. The summed E-state index contributed by atoms with van der Waals surface area (Å²) < 4.78 is 38.6. The van der Waals surface area contributed by atoms with Crippen LogP contribution in [0.1, 0.15) is 48.9 Å². The minimum Gasteiger partial charge on any atom is -0.309 e. The Morgan fingerprint density at radius 3 is 2.43 bits per heavy atom. The Bertz CT molecular complexity index is 590. The number of halogens is 1. The number of nitrogens with one attached hydrogen (secondary N) is 1. The number of hydrogen-bond acceptors (Lipinski definition) is 3. The lowest BCUT2D eigenvalue weighted by Crippen LogP contribution is -2.40. The Kier molecular flexibility index (Phi) is 5.04. The van der Waals surface area contributed by atoms with Crippen LogP contribution in [0.5, 0.6) is 0 Å². The molecule has 1 aliphatic rings. The molecule has 0 bridgehead atoms. The van der Waals surface area contributed by atoms with E-state index in [4.69, 9.17) is 0 Å². The van der Waals surface area contributed by atoms with Crippen molar-refractivity contribution in [3.05, 3.63) is 34.6 Å². The van der Waals surface area contributed by atoms with Crippen LogP contribution in [-0.2, 0) is 9.84 Å². The summed E-state index contributed by atoms with van der Waals surface area (Å²) in [5.41, 5.74) is 2.02. The fourth-order valence-electron chi connectivity index (χ4n) is 3.20. The molecule has 0 saturated carbocycles. The molecule has 1 N–H and O–H groups in total. The zero-order chi connectivity index (χ0) is 15.6. The maximum Gasteiger partial charge on any atom is 0.155 e. The normalized spacial score (nSPS) is 23.0. The van der Waals surface area contributed by atoms with Gasteiger partial charge in [-0.25, -0.2) is 12.8 Å². The van der Waals surface area contributed by atoms with Crippen LogP contribution in [0.25, 0.3) is 0 Å². The van der Waals surface area contributed by atoms with E-state index >= 15 is 0 Å². The molecule has 1 aromatic rings. The Labute approximate surface area is 126 Å². The molecular weight excluding hydrogens is 289 g/mol. The molecule has 21 heavy (non-hydrogen) atoms. The highest BCUT2D eigenvalue weighted by molar-refractivity contribution is 7.92. The fourth-order valence-corrected chi connectivity index (χ4v) is 5.30. The Hall–Kier alpha value is -0.940. The van der Waals surface area contributed by atoms with Crippen LogP contribution >= 0.6 is 0 Å². The minimum atomic E-state index is -3.09. The predicted octanol–water partition coefficient (Wildman–Crippen LogP) is 3.06. The van der Waals surface area contributed by atoms with Crippen LogP contribution in [0.15, 0.2) is 12.1 Å².